The van der Waals surface area contributed by atoms with Crippen LogP contribution in [-0.2, 0) is 23.0 Å². The number of benzene rings is 1. The third-order valence-corrected chi connectivity index (χ3v) is 9.14. The second-order valence-corrected chi connectivity index (χ2v) is 13.4. The number of pyridine rings is 1. The van der Waals surface area contributed by atoms with Gasteiger partial charge in [-0.3, -0.25) is 0 Å². The zero-order chi connectivity index (χ0) is 31.5. The van der Waals surface area contributed by atoms with E-state index in [4.69, 9.17) is 19.4 Å². The number of nitrogens with zero attached hydrogens (tertiary/aromatic N) is 5. The fourth-order valence-electron chi connectivity index (χ4n) is 6.27. The molecule has 2 aliphatic rings. The predicted molar refractivity (Wildman–Crippen MR) is 166 cm³/mol. The highest BCUT2D eigenvalue weighted by Gasteiger charge is 2.35. The molecule has 1 N–H and O–H groups in total. The first kappa shape index (κ1) is 30.4. The molecule has 0 saturated carbocycles. The molecule has 0 unspecified atom stereocenters. The lowest BCUT2D eigenvalue weighted by Crippen LogP contribution is -2.34. The molecule has 0 spiro atoms. The van der Waals surface area contributed by atoms with Gasteiger partial charge in [0.2, 0.25) is 5.95 Å². The van der Waals surface area contributed by atoms with Gasteiger partial charge in [-0.25, -0.2) is 18.6 Å². The number of alkyl halides is 1. The van der Waals surface area contributed by atoms with Crippen molar-refractivity contribution in [1.29, 1.82) is 0 Å². The monoisotopic (exact) mass is 625 g/mol. The van der Waals surface area contributed by atoms with Crippen molar-refractivity contribution < 1.29 is 28.2 Å². The summed E-state index contributed by atoms with van der Waals surface area (Å²) in [5.41, 5.74) is 4.14. The van der Waals surface area contributed by atoms with E-state index in [9.17, 15) is 14.3 Å². The topological polar surface area (TPSA) is 103 Å². The molecule has 1 fully saturated rings. The highest BCUT2D eigenvalue weighted by molar-refractivity contribution is 7.09. The lowest BCUT2D eigenvalue weighted by atomic mass is 9.86. The van der Waals surface area contributed by atoms with Crippen molar-refractivity contribution in [1.82, 2.24) is 18.9 Å². The minimum Gasteiger partial charge on any atom is -0.490 e. The number of hydrogen-bond acceptors (Lipinski definition) is 8. The SMILES string of the molecule is Cc1nc2c(cc(-c3nc(N4CCC(F)CC4)ns3)n2C)c(-c2cc(F)c3c(c2C)CCCO3)c1[C@H](OC(C)(C)C)C(=O)O. The smallest absolute Gasteiger partial charge is 0.337 e. The summed E-state index contributed by atoms with van der Waals surface area (Å²) in [6.45, 7) is 10.6. The van der Waals surface area contributed by atoms with Crippen LogP contribution in [0.1, 0.15) is 68.5 Å². The van der Waals surface area contributed by atoms with E-state index in [0.717, 1.165) is 23.2 Å². The second kappa shape index (κ2) is 11.4. The summed E-state index contributed by atoms with van der Waals surface area (Å²) in [6, 6.07) is 3.36. The van der Waals surface area contributed by atoms with Crippen molar-refractivity contribution in [2.75, 3.05) is 24.6 Å². The van der Waals surface area contributed by atoms with Crippen molar-refractivity contribution in [3.8, 4) is 27.6 Å². The van der Waals surface area contributed by atoms with Gasteiger partial charge in [-0.15, -0.1) is 0 Å². The van der Waals surface area contributed by atoms with Gasteiger partial charge in [0.1, 0.15) is 11.8 Å². The van der Waals surface area contributed by atoms with E-state index in [1.807, 2.05) is 29.5 Å². The van der Waals surface area contributed by atoms with Crippen molar-refractivity contribution in [3.63, 3.8) is 0 Å². The third-order valence-electron chi connectivity index (χ3n) is 8.41. The van der Waals surface area contributed by atoms with Gasteiger partial charge in [-0.2, -0.15) is 9.36 Å². The minimum atomic E-state index is -1.35. The number of carboxylic acid groups (broad SMARTS) is 1. The molecule has 0 aliphatic carbocycles. The fraction of sp³-hybridized carbons (Fsp3) is 0.500. The number of ether oxygens (including phenoxy) is 2. The first-order chi connectivity index (χ1) is 20.8. The molecule has 1 atom stereocenters. The quantitative estimate of drug-likeness (QED) is 0.252. The third kappa shape index (κ3) is 5.42. The Balaban J connectivity index is 1.59. The molecule has 234 valence electrons. The number of halogens is 2. The van der Waals surface area contributed by atoms with Crippen LogP contribution in [0.25, 0.3) is 32.9 Å². The number of aliphatic carboxylic acids is 1. The number of rotatable bonds is 6. The molecule has 12 heteroatoms. The molecule has 0 amide bonds. The first-order valence-electron chi connectivity index (χ1n) is 14.9. The van der Waals surface area contributed by atoms with Crippen LogP contribution in [0.3, 0.4) is 0 Å². The van der Waals surface area contributed by atoms with Gasteiger partial charge in [0.25, 0.3) is 0 Å². The average Bonchev–Trinajstić information content (AvgIpc) is 3.58. The number of aromatic nitrogens is 4. The number of aryl methyl sites for hydroxylation is 2. The summed E-state index contributed by atoms with van der Waals surface area (Å²) in [5.74, 6) is -0.829. The molecule has 44 heavy (non-hydrogen) atoms. The maximum Gasteiger partial charge on any atom is 0.337 e. The molecule has 9 nitrogen and oxygen atoms in total. The molecule has 0 bridgehead atoms. The van der Waals surface area contributed by atoms with Crippen LogP contribution < -0.4 is 9.64 Å². The lowest BCUT2D eigenvalue weighted by molar-refractivity contribution is -0.160. The Bertz CT molecular complexity index is 1750. The van der Waals surface area contributed by atoms with Gasteiger partial charge in [0.15, 0.2) is 22.7 Å². The lowest BCUT2D eigenvalue weighted by Gasteiger charge is -2.29. The zero-order valence-corrected chi connectivity index (χ0v) is 26.6. The molecule has 5 heterocycles. The molecule has 1 saturated heterocycles. The Kier molecular flexibility index (Phi) is 7.86. The van der Waals surface area contributed by atoms with Gasteiger partial charge in [-0.1, -0.05) is 0 Å². The zero-order valence-electron chi connectivity index (χ0n) is 25.8. The number of carbonyl (C=O) groups is 1. The van der Waals surface area contributed by atoms with Crippen LogP contribution >= 0.6 is 11.5 Å². The van der Waals surface area contributed by atoms with E-state index in [0.29, 0.717) is 83.3 Å². The summed E-state index contributed by atoms with van der Waals surface area (Å²) in [4.78, 5) is 24.5. The van der Waals surface area contributed by atoms with Crippen LogP contribution in [0, 0.1) is 19.7 Å². The van der Waals surface area contributed by atoms with Crippen molar-refractivity contribution >= 4 is 34.5 Å². The number of hydrogen-bond donors (Lipinski definition) is 1. The summed E-state index contributed by atoms with van der Waals surface area (Å²) in [7, 11) is 1.87. The molecule has 3 aromatic heterocycles. The summed E-state index contributed by atoms with van der Waals surface area (Å²) in [6.07, 6.45) is 0.151. The standard InChI is InChI=1S/C32H37F2N5O4S/c1-16-19-8-7-13-42-26(19)22(34)14-20(16)25-21-15-23(29-36-31(37-44-29)39-11-9-18(33)10-12-39)38(6)28(21)35-17(2)24(25)27(30(40)41)43-32(3,4)5/h14-15,18,27H,7-13H2,1-6H3,(H,40,41)/t27-/m0/s1. The molecular formula is C32H37F2N5O4S. The number of anilines is 1. The van der Waals surface area contributed by atoms with Gasteiger partial charge in [0, 0.05) is 47.9 Å². The molecule has 0 radical (unpaired) electrons. The minimum absolute atomic E-state index is 0.258. The van der Waals surface area contributed by atoms with Crippen molar-refractivity contribution in [2.24, 2.45) is 7.05 Å². The Morgan fingerprint density at radius 2 is 1.93 bits per heavy atom. The van der Waals surface area contributed by atoms with E-state index in [1.165, 1.54) is 17.6 Å². The van der Waals surface area contributed by atoms with Crippen LogP contribution in [0.15, 0.2) is 12.1 Å². The highest BCUT2D eigenvalue weighted by atomic mass is 32.1. The van der Waals surface area contributed by atoms with Crippen LogP contribution in [0.2, 0.25) is 0 Å². The van der Waals surface area contributed by atoms with Gasteiger partial charge >= 0.3 is 5.97 Å². The normalized spacial score (nSPS) is 16.7. The van der Waals surface area contributed by atoms with Crippen LogP contribution in [-0.4, -0.2) is 61.5 Å². The molecule has 1 aromatic carbocycles. The van der Waals surface area contributed by atoms with Crippen molar-refractivity contribution in [2.45, 2.75) is 78.2 Å². The van der Waals surface area contributed by atoms with E-state index in [-0.39, 0.29) is 5.75 Å². The molecule has 4 aromatic rings. The Morgan fingerprint density at radius 1 is 1.20 bits per heavy atom. The van der Waals surface area contributed by atoms with Gasteiger partial charge in [0.05, 0.1) is 17.9 Å². The number of carboxylic acids is 1. The highest BCUT2D eigenvalue weighted by Crippen LogP contribution is 2.45. The molecular weight excluding hydrogens is 588 g/mol. The van der Waals surface area contributed by atoms with E-state index in [2.05, 4.69) is 4.37 Å². The molecule has 6 rings (SSSR count). The summed E-state index contributed by atoms with van der Waals surface area (Å²) < 4.78 is 47.8. The number of fused-ring (bicyclic) bond motifs is 2. The van der Waals surface area contributed by atoms with Crippen LogP contribution in [0.5, 0.6) is 5.75 Å². The Labute approximate surface area is 259 Å². The van der Waals surface area contributed by atoms with Crippen molar-refractivity contribution in [3.05, 3.63) is 40.3 Å². The van der Waals surface area contributed by atoms with Crippen LogP contribution in [0.4, 0.5) is 14.7 Å². The van der Waals surface area contributed by atoms with Gasteiger partial charge in [-0.05, 0) is 95.1 Å². The predicted octanol–water partition coefficient (Wildman–Crippen LogP) is 6.72. The molecule has 2 aliphatic heterocycles. The second-order valence-electron chi connectivity index (χ2n) is 12.6. The average molecular weight is 626 g/mol. The van der Waals surface area contributed by atoms with E-state index < -0.39 is 29.7 Å². The summed E-state index contributed by atoms with van der Waals surface area (Å²) in [5, 5.41) is 11.8. The number of piperidine rings is 1. The van der Waals surface area contributed by atoms with Gasteiger partial charge < -0.3 is 24.0 Å². The maximum absolute atomic E-state index is 15.7. The first-order valence-corrected chi connectivity index (χ1v) is 15.7. The fourth-order valence-corrected chi connectivity index (χ4v) is 7.01. The largest absolute Gasteiger partial charge is 0.490 e. The maximum atomic E-state index is 15.7. The summed E-state index contributed by atoms with van der Waals surface area (Å²) >= 11 is 1.24. The van der Waals surface area contributed by atoms with E-state index >= 15 is 4.39 Å². The Hall–Kier alpha value is -3.64. The Morgan fingerprint density at radius 3 is 2.61 bits per heavy atom. The van der Waals surface area contributed by atoms with E-state index in [1.54, 1.807) is 27.7 Å².